The van der Waals surface area contributed by atoms with Gasteiger partial charge >= 0.3 is 0 Å². The van der Waals surface area contributed by atoms with E-state index in [0.717, 1.165) is 31.4 Å². The molecule has 0 bridgehead atoms. The maximum absolute atomic E-state index is 12.6. The Balaban J connectivity index is 2.15. The zero-order chi connectivity index (χ0) is 14.4. The van der Waals surface area contributed by atoms with Gasteiger partial charge in [-0.15, -0.1) is 0 Å². The summed E-state index contributed by atoms with van der Waals surface area (Å²) >= 11 is 0. The van der Waals surface area contributed by atoms with Gasteiger partial charge in [-0.3, -0.25) is 4.21 Å². The molecule has 0 radical (unpaired) electrons. The molecule has 112 valence electrons. The molecule has 0 spiro atoms. The van der Waals surface area contributed by atoms with Crippen LogP contribution in [-0.4, -0.2) is 36.0 Å². The number of nitrogens with one attached hydrogen (secondary N) is 1. The summed E-state index contributed by atoms with van der Waals surface area (Å²) in [6.45, 7) is 0.694. The average molecular weight is 295 g/mol. The van der Waals surface area contributed by atoms with E-state index in [0.29, 0.717) is 6.61 Å². The van der Waals surface area contributed by atoms with E-state index in [1.165, 1.54) is 11.1 Å². The summed E-state index contributed by atoms with van der Waals surface area (Å²) < 4.78 is 17.7. The molecule has 1 aromatic carbocycles. The molecule has 1 aliphatic carbocycles. The SMILES string of the molecule is CNC1c2ccccc2CCCC1S(=O)CCCOC. The molecule has 4 heteroatoms. The fourth-order valence-electron chi connectivity index (χ4n) is 3.05. The summed E-state index contributed by atoms with van der Waals surface area (Å²) in [6.07, 6.45) is 4.12. The molecule has 2 rings (SSSR count). The summed E-state index contributed by atoms with van der Waals surface area (Å²) in [5.74, 6) is 0.735. The molecule has 1 aliphatic rings. The molecule has 1 aromatic rings. The van der Waals surface area contributed by atoms with Crippen molar-refractivity contribution in [1.82, 2.24) is 5.32 Å². The van der Waals surface area contributed by atoms with Crippen LogP contribution < -0.4 is 5.32 Å². The average Bonchev–Trinajstić information content (AvgIpc) is 2.66. The van der Waals surface area contributed by atoms with Crippen LogP contribution in [0.5, 0.6) is 0 Å². The Morgan fingerprint density at radius 3 is 2.95 bits per heavy atom. The molecule has 1 N–H and O–H groups in total. The van der Waals surface area contributed by atoms with Crippen molar-refractivity contribution in [1.29, 1.82) is 0 Å². The van der Waals surface area contributed by atoms with Gasteiger partial charge < -0.3 is 10.1 Å². The summed E-state index contributed by atoms with van der Waals surface area (Å²) in [6, 6.07) is 8.77. The van der Waals surface area contributed by atoms with Gasteiger partial charge in [0.2, 0.25) is 0 Å². The van der Waals surface area contributed by atoms with E-state index >= 15 is 0 Å². The first-order valence-electron chi connectivity index (χ1n) is 7.39. The molecule has 0 saturated heterocycles. The van der Waals surface area contributed by atoms with Gasteiger partial charge in [0, 0.05) is 36.3 Å². The lowest BCUT2D eigenvalue weighted by Crippen LogP contribution is -2.33. The van der Waals surface area contributed by atoms with Crippen LogP contribution in [0.4, 0.5) is 0 Å². The van der Waals surface area contributed by atoms with E-state index < -0.39 is 10.8 Å². The lowest BCUT2D eigenvalue weighted by molar-refractivity contribution is 0.200. The van der Waals surface area contributed by atoms with Gasteiger partial charge in [0.1, 0.15) is 0 Å². The second-order valence-electron chi connectivity index (χ2n) is 5.33. The van der Waals surface area contributed by atoms with Crippen molar-refractivity contribution in [2.75, 3.05) is 26.5 Å². The highest BCUT2D eigenvalue weighted by Gasteiger charge is 2.30. The van der Waals surface area contributed by atoms with Crippen molar-refractivity contribution in [2.45, 2.75) is 37.0 Å². The minimum absolute atomic E-state index is 0.206. The normalized spacial score (nSPS) is 23.9. The molecule has 20 heavy (non-hydrogen) atoms. The van der Waals surface area contributed by atoms with Crippen LogP contribution in [0.25, 0.3) is 0 Å². The largest absolute Gasteiger partial charge is 0.385 e. The number of methoxy groups -OCH3 is 1. The van der Waals surface area contributed by atoms with Crippen LogP contribution in [0.1, 0.15) is 36.4 Å². The highest BCUT2D eigenvalue weighted by Crippen LogP contribution is 2.31. The lowest BCUT2D eigenvalue weighted by Gasteiger charge is -2.25. The van der Waals surface area contributed by atoms with Gasteiger partial charge in [0.15, 0.2) is 0 Å². The van der Waals surface area contributed by atoms with Crippen molar-refractivity contribution in [3.05, 3.63) is 35.4 Å². The van der Waals surface area contributed by atoms with Crippen molar-refractivity contribution in [3.63, 3.8) is 0 Å². The van der Waals surface area contributed by atoms with Crippen LogP contribution >= 0.6 is 0 Å². The van der Waals surface area contributed by atoms with Crippen molar-refractivity contribution in [3.8, 4) is 0 Å². The topological polar surface area (TPSA) is 38.3 Å². The predicted octanol–water partition coefficient (Wildman–Crippen LogP) is 2.44. The van der Waals surface area contributed by atoms with Crippen LogP contribution in [0.2, 0.25) is 0 Å². The van der Waals surface area contributed by atoms with Gasteiger partial charge in [0.05, 0.1) is 5.25 Å². The second-order valence-corrected chi connectivity index (χ2v) is 7.10. The smallest absolute Gasteiger partial charge is 0.0543 e. The zero-order valence-electron chi connectivity index (χ0n) is 12.4. The number of hydrogen-bond donors (Lipinski definition) is 1. The van der Waals surface area contributed by atoms with E-state index in [2.05, 4.69) is 29.6 Å². The monoisotopic (exact) mass is 295 g/mol. The number of benzene rings is 1. The fourth-order valence-corrected chi connectivity index (χ4v) is 4.77. The molecular weight excluding hydrogens is 270 g/mol. The number of rotatable bonds is 6. The third-order valence-corrected chi connectivity index (χ3v) is 5.91. The molecule has 0 aromatic heterocycles. The first-order valence-corrected chi connectivity index (χ1v) is 8.77. The predicted molar refractivity (Wildman–Crippen MR) is 84.5 cm³/mol. The van der Waals surface area contributed by atoms with E-state index in [4.69, 9.17) is 4.74 Å². The van der Waals surface area contributed by atoms with E-state index in [1.54, 1.807) is 7.11 Å². The highest BCUT2D eigenvalue weighted by molar-refractivity contribution is 7.85. The summed E-state index contributed by atoms with van der Waals surface area (Å²) in [7, 11) is 2.88. The molecule has 3 nitrogen and oxygen atoms in total. The van der Waals surface area contributed by atoms with Crippen LogP contribution in [0.3, 0.4) is 0 Å². The molecule has 3 atom stereocenters. The Bertz CT molecular complexity index is 450. The fraction of sp³-hybridized carbons (Fsp3) is 0.625. The van der Waals surface area contributed by atoms with Crippen LogP contribution in [-0.2, 0) is 22.0 Å². The van der Waals surface area contributed by atoms with Gasteiger partial charge in [-0.05, 0) is 43.9 Å². The maximum Gasteiger partial charge on any atom is 0.0543 e. The molecule has 0 heterocycles. The third-order valence-electron chi connectivity index (χ3n) is 4.04. The van der Waals surface area contributed by atoms with Crippen molar-refractivity contribution < 1.29 is 8.95 Å². The molecular formula is C16H25NO2S. The molecule has 0 fully saturated rings. The van der Waals surface area contributed by atoms with E-state index in [9.17, 15) is 4.21 Å². The Hall–Kier alpha value is -0.710. The molecule has 0 saturated carbocycles. The van der Waals surface area contributed by atoms with Crippen molar-refractivity contribution >= 4 is 10.8 Å². The Labute approximate surface area is 124 Å². The minimum Gasteiger partial charge on any atom is -0.385 e. The Morgan fingerprint density at radius 1 is 1.40 bits per heavy atom. The van der Waals surface area contributed by atoms with Gasteiger partial charge in [-0.1, -0.05) is 24.3 Å². The van der Waals surface area contributed by atoms with Crippen LogP contribution in [0, 0.1) is 0 Å². The first-order chi connectivity index (χ1) is 9.77. The lowest BCUT2D eigenvalue weighted by atomic mass is 9.99. The molecule has 0 amide bonds. The first kappa shape index (κ1) is 15.7. The Kier molecular flexibility index (Phi) is 6.20. The number of fused-ring (bicyclic) bond motifs is 1. The van der Waals surface area contributed by atoms with E-state index in [-0.39, 0.29) is 11.3 Å². The number of aryl methyl sites for hydroxylation is 1. The molecule has 3 unspecified atom stereocenters. The summed E-state index contributed by atoms with van der Waals surface area (Å²) in [5, 5.41) is 3.61. The second kappa shape index (κ2) is 7.91. The summed E-state index contributed by atoms with van der Waals surface area (Å²) in [4.78, 5) is 0. The number of hydrogen-bond acceptors (Lipinski definition) is 3. The quantitative estimate of drug-likeness (QED) is 0.647. The summed E-state index contributed by atoms with van der Waals surface area (Å²) in [5.41, 5.74) is 2.74. The highest BCUT2D eigenvalue weighted by atomic mass is 32.2. The zero-order valence-corrected chi connectivity index (χ0v) is 13.2. The minimum atomic E-state index is -0.799. The number of ether oxygens (including phenoxy) is 1. The molecule has 0 aliphatic heterocycles. The van der Waals surface area contributed by atoms with Gasteiger partial charge in [-0.25, -0.2) is 0 Å². The van der Waals surface area contributed by atoms with Gasteiger partial charge in [-0.2, -0.15) is 0 Å². The third kappa shape index (κ3) is 3.68. The van der Waals surface area contributed by atoms with Crippen molar-refractivity contribution in [2.24, 2.45) is 0 Å². The Morgan fingerprint density at radius 2 is 2.20 bits per heavy atom. The van der Waals surface area contributed by atoms with E-state index in [1.807, 2.05) is 7.05 Å². The standard InChI is InChI=1S/C16H25NO2S/c1-17-16-14-9-4-3-7-13(14)8-5-10-15(16)20(18)12-6-11-19-2/h3-4,7,9,15-17H,5-6,8,10-12H2,1-2H3. The maximum atomic E-state index is 12.6. The van der Waals surface area contributed by atoms with Crippen LogP contribution in [0.15, 0.2) is 24.3 Å². The van der Waals surface area contributed by atoms with Gasteiger partial charge in [0.25, 0.3) is 0 Å².